The van der Waals surface area contributed by atoms with Crippen LogP contribution in [0.25, 0.3) is 16.8 Å². The molecule has 0 unspecified atom stereocenters. The molecule has 2 aliphatic rings. The molecular formula is C28H31ClN6O2. The van der Waals surface area contributed by atoms with E-state index in [0.29, 0.717) is 17.0 Å². The van der Waals surface area contributed by atoms with Crippen LogP contribution in [0.15, 0.2) is 60.8 Å². The molecule has 0 aliphatic carbocycles. The molecule has 0 bridgehead atoms. The average Bonchev–Trinajstić information content (AvgIpc) is 3.37. The molecule has 9 heteroatoms. The van der Waals surface area contributed by atoms with Crippen LogP contribution in [0.1, 0.15) is 12.8 Å². The first kappa shape index (κ1) is 24.0. The largest absolute Gasteiger partial charge is 0.496 e. The summed E-state index contributed by atoms with van der Waals surface area (Å²) in [5, 5.41) is 8.74. The summed E-state index contributed by atoms with van der Waals surface area (Å²) in [6.45, 7) is 6.03. The number of anilines is 3. The maximum Gasteiger partial charge on any atom is 0.245 e. The molecule has 1 N–H and O–H groups in total. The number of methoxy groups -OCH3 is 1. The van der Waals surface area contributed by atoms with Crippen molar-refractivity contribution in [3.05, 3.63) is 65.8 Å². The number of fused-ring (bicyclic) bond motifs is 1. The molecule has 2 aromatic heterocycles. The third-order valence-electron chi connectivity index (χ3n) is 7.35. The Labute approximate surface area is 221 Å². The minimum Gasteiger partial charge on any atom is -0.496 e. The fraction of sp³-hybridized carbons (Fsp3) is 0.357. The summed E-state index contributed by atoms with van der Waals surface area (Å²) in [5.74, 6) is 1.26. The summed E-state index contributed by atoms with van der Waals surface area (Å²) < 4.78 is 12.9. The molecule has 2 aliphatic heterocycles. The fourth-order valence-corrected chi connectivity index (χ4v) is 5.53. The van der Waals surface area contributed by atoms with Crippen LogP contribution in [0.3, 0.4) is 0 Å². The lowest BCUT2D eigenvalue weighted by Crippen LogP contribution is -2.49. The summed E-state index contributed by atoms with van der Waals surface area (Å²) in [6.07, 6.45) is 4.21. The molecule has 2 fully saturated rings. The highest BCUT2D eigenvalue weighted by Crippen LogP contribution is 2.33. The molecule has 0 amide bonds. The summed E-state index contributed by atoms with van der Waals surface area (Å²) in [6, 6.07) is 18.8. The lowest BCUT2D eigenvalue weighted by molar-refractivity contribution is 0.0115. The highest BCUT2D eigenvalue weighted by Gasteiger charge is 2.26. The van der Waals surface area contributed by atoms with E-state index in [1.807, 2.05) is 41.0 Å². The first-order chi connectivity index (χ1) is 18.2. The minimum atomic E-state index is 0.519. The molecule has 4 aromatic rings. The first-order valence-electron chi connectivity index (χ1n) is 12.8. The Morgan fingerprint density at radius 3 is 2.51 bits per heavy atom. The van der Waals surface area contributed by atoms with Crippen molar-refractivity contribution in [1.82, 2.24) is 19.5 Å². The average molecular weight is 519 g/mol. The molecule has 37 heavy (non-hydrogen) atoms. The van der Waals surface area contributed by atoms with E-state index in [0.717, 1.165) is 67.6 Å². The highest BCUT2D eigenvalue weighted by molar-refractivity contribution is 6.31. The molecule has 0 atom stereocenters. The van der Waals surface area contributed by atoms with E-state index in [1.165, 1.54) is 18.5 Å². The van der Waals surface area contributed by atoms with Gasteiger partial charge in [0.2, 0.25) is 5.95 Å². The topological polar surface area (TPSA) is 67.2 Å². The van der Waals surface area contributed by atoms with Crippen LogP contribution in [-0.4, -0.2) is 72.0 Å². The Bertz CT molecular complexity index is 1360. The van der Waals surface area contributed by atoms with Gasteiger partial charge in [0.1, 0.15) is 5.75 Å². The van der Waals surface area contributed by atoms with Crippen LogP contribution in [-0.2, 0) is 4.74 Å². The number of nitrogens with one attached hydrogen (secondary N) is 1. The second-order valence-corrected chi connectivity index (χ2v) is 9.96. The zero-order chi connectivity index (χ0) is 25.2. The molecule has 0 saturated carbocycles. The number of piperidine rings is 1. The van der Waals surface area contributed by atoms with Crippen molar-refractivity contribution in [3.63, 3.8) is 0 Å². The van der Waals surface area contributed by atoms with Crippen LogP contribution >= 0.6 is 11.6 Å². The maximum atomic E-state index is 6.27. The second kappa shape index (κ2) is 10.6. The van der Waals surface area contributed by atoms with Crippen molar-refractivity contribution >= 4 is 34.4 Å². The van der Waals surface area contributed by atoms with Gasteiger partial charge < -0.3 is 19.7 Å². The molecule has 0 radical (unpaired) electrons. The first-order valence-corrected chi connectivity index (χ1v) is 13.2. The smallest absolute Gasteiger partial charge is 0.245 e. The van der Waals surface area contributed by atoms with Crippen LogP contribution in [0.2, 0.25) is 5.02 Å². The van der Waals surface area contributed by atoms with Crippen LogP contribution < -0.4 is 15.0 Å². The third kappa shape index (κ3) is 5.09. The molecule has 6 rings (SSSR count). The number of benzene rings is 2. The van der Waals surface area contributed by atoms with E-state index in [4.69, 9.17) is 26.2 Å². The normalized spacial score (nSPS) is 17.3. The van der Waals surface area contributed by atoms with Gasteiger partial charge in [-0.15, -0.1) is 5.10 Å². The Morgan fingerprint density at radius 2 is 1.76 bits per heavy atom. The number of halogens is 1. The molecule has 8 nitrogen and oxygen atoms in total. The molecule has 2 saturated heterocycles. The minimum absolute atomic E-state index is 0.519. The van der Waals surface area contributed by atoms with Crippen LogP contribution in [0, 0.1) is 0 Å². The SMILES string of the molecule is COc1ccc(Cl)cc1-c1ccc2cnc(Nc3ccc(N4CCC(N5CCOCC5)CC4)cc3)nn12. The van der Waals surface area contributed by atoms with Crippen LogP contribution in [0.4, 0.5) is 17.3 Å². The van der Waals surface area contributed by atoms with Gasteiger partial charge in [-0.1, -0.05) is 11.6 Å². The van der Waals surface area contributed by atoms with Crippen molar-refractivity contribution in [1.29, 1.82) is 0 Å². The van der Waals surface area contributed by atoms with Gasteiger partial charge in [0, 0.05) is 54.2 Å². The summed E-state index contributed by atoms with van der Waals surface area (Å²) in [4.78, 5) is 9.59. The van der Waals surface area contributed by atoms with Gasteiger partial charge in [-0.3, -0.25) is 4.90 Å². The quantitative estimate of drug-likeness (QED) is 0.381. The van der Waals surface area contributed by atoms with Crippen LogP contribution in [0.5, 0.6) is 5.75 Å². The lowest BCUT2D eigenvalue weighted by Gasteiger charge is -2.40. The molecule has 2 aromatic carbocycles. The second-order valence-electron chi connectivity index (χ2n) is 9.52. The number of aromatic nitrogens is 3. The van der Waals surface area contributed by atoms with Gasteiger partial charge in [0.25, 0.3) is 0 Å². The monoisotopic (exact) mass is 518 g/mol. The lowest BCUT2D eigenvalue weighted by atomic mass is 10.0. The van der Waals surface area contributed by atoms with Gasteiger partial charge in [0.05, 0.1) is 37.7 Å². The van der Waals surface area contributed by atoms with E-state index in [-0.39, 0.29) is 0 Å². The van der Waals surface area contributed by atoms with Crippen molar-refractivity contribution < 1.29 is 9.47 Å². The summed E-state index contributed by atoms with van der Waals surface area (Å²) >= 11 is 6.27. The van der Waals surface area contributed by atoms with Gasteiger partial charge >= 0.3 is 0 Å². The summed E-state index contributed by atoms with van der Waals surface area (Å²) in [7, 11) is 1.65. The van der Waals surface area contributed by atoms with Gasteiger partial charge in [-0.05, 0) is 67.4 Å². The zero-order valence-corrected chi connectivity index (χ0v) is 21.7. The Kier molecular flexibility index (Phi) is 6.87. The van der Waals surface area contributed by atoms with E-state index in [9.17, 15) is 0 Å². The van der Waals surface area contributed by atoms with Crippen molar-refractivity contribution in [3.8, 4) is 17.0 Å². The fourth-order valence-electron chi connectivity index (χ4n) is 5.36. The number of rotatable bonds is 6. The highest BCUT2D eigenvalue weighted by atomic mass is 35.5. The molecule has 192 valence electrons. The number of ether oxygens (including phenoxy) is 2. The molecule has 0 spiro atoms. The standard InChI is InChI=1S/C28H31ClN6O2/c1-36-27-9-2-20(29)18-25(27)26-8-7-24-19-30-28(32-35(24)26)31-21-3-5-22(6-4-21)33-12-10-23(11-13-33)34-14-16-37-17-15-34/h2-9,18-19,23H,10-17H2,1H3,(H,31,32). The maximum absolute atomic E-state index is 6.27. The Balaban J connectivity index is 1.15. The zero-order valence-electron chi connectivity index (χ0n) is 20.9. The molecule has 4 heterocycles. The van der Waals surface area contributed by atoms with Crippen molar-refractivity contribution in [2.75, 3.05) is 56.7 Å². The van der Waals surface area contributed by atoms with Crippen molar-refractivity contribution in [2.45, 2.75) is 18.9 Å². The Morgan fingerprint density at radius 1 is 0.973 bits per heavy atom. The van der Waals surface area contributed by atoms with Gasteiger partial charge in [-0.2, -0.15) is 0 Å². The van der Waals surface area contributed by atoms with E-state index in [1.54, 1.807) is 7.11 Å². The predicted molar refractivity (Wildman–Crippen MR) is 147 cm³/mol. The third-order valence-corrected chi connectivity index (χ3v) is 7.59. The number of morpholine rings is 1. The van der Waals surface area contributed by atoms with E-state index in [2.05, 4.69) is 44.4 Å². The number of hydrogen-bond acceptors (Lipinski definition) is 7. The number of hydrogen-bond donors (Lipinski definition) is 1. The summed E-state index contributed by atoms with van der Waals surface area (Å²) in [5.41, 5.74) is 4.85. The van der Waals surface area contributed by atoms with Gasteiger partial charge in [0.15, 0.2) is 0 Å². The van der Waals surface area contributed by atoms with E-state index < -0.39 is 0 Å². The van der Waals surface area contributed by atoms with Gasteiger partial charge in [-0.25, -0.2) is 9.50 Å². The number of nitrogens with zero attached hydrogens (tertiary/aromatic N) is 5. The van der Waals surface area contributed by atoms with Crippen molar-refractivity contribution in [2.24, 2.45) is 0 Å². The Hall–Kier alpha value is -3.33. The molecular weight excluding hydrogens is 488 g/mol. The van der Waals surface area contributed by atoms with E-state index >= 15 is 0 Å². The predicted octanol–water partition coefficient (Wildman–Crippen LogP) is 5.10.